The van der Waals surface area contributed by atoms with E-state index in [1.165, 1.54) is 18.3 Å². The number of nitrogens with two attached hydrogens (primary N) is 1. The Labute approximate surface area is 235 Å². The van der Waals surface area contributed by atoms with Crippen molar-refractivity contribution in [3.63, 3.8) is 0 Å². The summed E-state index contributed by atoms with van der Waals surface area (Å²) in [5.74, 6) is -3.16. The smallest absolute Gasteiger partial charge is 0.326 e. The molecule has 4 unspecified atom stereocenters. The zero-order valence-electron chi connectivity index (χ0n) is 21.7. The number of fused-ring (bicyclic) bond motifs is 1. The second-order valence-electron chi connectivity index (χ2n) is 8.58. The number of benzene rings is 1. The number of aromatic nitrogens is 4. The molecule has 2 heterocycles. The van der Waals surface area contributed by atoms with Gasteiger partial charge in [-0.25, -0.2) is 14.8 Å². The van der Waals surface area contributed by atoms with Gasteiger partial charge >= 0.3 is 11.9 Å². The second kappa shape index (κ2) is 15.7. The van der Waals surface area contributed by atoms with Crippen molar-refractivity contribution in [1.29, 1.82) is 0 Å². The summed E-state index contributed by atoms with van der Waals surface area (Å²) < 4.78 is 0. The lowest BCUT2D eigenvalue weighted by Gasteiger charge is -2.16. The van der Waals surface area contributed by atoms with Crippen LogP contribution in [0.4, 0.5) is 11.6 Å². The van der Waals surface area contributed by atoms with Crippen molar-refractivity contribution in [3.8, 4) is 0 Å². The highest BCUT2D eigenvalue weighted by Gasteiger charge is 2.23. The normalized spacial score (nSPS) is 13.5. The summed E-state index contributed by atoms with van der Waals surface area (Å²) in [6, 6.07) is 4.86. The molecule has 18 heteroatoms. The average Bonchev–Trinajstić information content (AvgIpc) is 2.97. The minimum absolute atomic E-state index is 0.0524. The number of carboxylic acid groups (broad SMARTS) is 2. The number of aliphatic hydroxyl groups excluding tert-OH is 4. The number of aliphatic hydroxyl groups is 4. The average molecular weight is 592 g/mol. The van der Waals surface area contributed by atoms with Crippen molar-refractivity contribution in [2.24, 2.45) is 0 Å². The number of amides is 1. The Morgan fingerprint density at radius 2 is 1.74 bits per heavy atom. The predicted molar refractivity (Wildman–Crippen MR) is 143 cm³/mol. The van der Waals surface area contributed by atoms with E-state index in [4.69, 9.17) is 36.4 Å². The Morgan fingerprint density at radius 1 is 1.07 bits per heavy atom. The first kappa shape index (κ1) is 33.2. The maximum absolute atomic E-state index is 12.3. The van der Waals surface area contributed by atoms with Gasteiger partial charge < -0.3 is 51.8 Å². The van der Waals surface area contributed by atoms with Crippen LogP contribution in [0.2, 0.25) is 0 Å². The van der Waals surface area contributed by atoms with Gasteiger partial charge in [0.15, 0.2) is 17.5 Å². The van der Waals surface area contributed by atoms with E-state index >= 15 is 0 Å². The lowest BCUT2D eigenvalue weighted by Crippen LogP contribution is -2.41. The number of rotatable bonds is 13. The number of carbonyl (C=O) groups is 4. The summed E-state index contributed by atoms with van der Waals surface area (Å²) in [5, 5.41) is 57.3. The summed E-state index contributed by atoms with van der Waals surface area (Å²) >= 11 is 0. The zero-order chi connectivity index (χ0) is 31.4. The van der Waals surface area contributed by atoms with Crippen LogP contribution in [0.15, 0.2) is 35.3 Å². The molecule has 18 nitrogen and oxygen atoms in total. The molecule has 1 amide bonds. The highest BCUT2D eigenvalue weighted by Crippen LogP contribution is 2.12. The molecule has 4 atom stereocenters. The highest BCUT2D eigenvalue weighted by molar-refractivity contribution is 5.97. The molecule has 0 saturated heterocycles. The highest BCUT2D eigenvalue weighted by atomic mass is 16.4. The van der Waals surface area contributed by atoms with Gasteiger partial charge in [-0.05, 0) is 30.7 Å². The maximum Gasteiger partial charge on any atom is 0.326 e. The third kappa shape index (κ3) is 9.86. The molecule has 11 N–H and O–H groups in total. The van der Waals surface area contributed by atoms with Gasteiger partial charge in [-0.1, -0.05) is 0 Å². The fraction of sp³-hybridized carbons (Fsp3) is 0.333. The van der Waals surface area contributed by atoms with Crippen LogP contribution in [-0.2, 0) is 20.9 Å². The van der Waals surface area contributed by atoms with E-state index in [0.29, 0.717) is 11.4 Å². The molecule has 0 radical (unpaired) electrons. The number of carboxylic acids is 2. The Morgan fingerprint density at radius 3 is 2.31 bits per heavy atom. The summed E-state index contributed by atoms with van der Waals surface area (Å²) in [4.78, 5) is 70.3. The molecule has 226 valence electrons. The number of nitrogen functional groups attached to an aromatic ring is 1. The summed E-state index contributed by atoms with van der Waals surface area (Å²) in [5.41, 5.74) is 6.47. The Hall–Kier alpha value is -5.04. The van der Waals surface area contributed by atoms with Gasteiger partial charge in [0.1, 0.15) is 24.4 Å². The van der Waals surface area contributed by atoms with Gasteiger partial charge in [0.05, 0.1) is 25.0 Å². The molecular formula is C24H29N7O11. The van der Waals surface area contributed by atoms with E-state index in [1.54, 1.807) is 12.1 Å². The summed E-state index contributed by atoms with van der Waals surface area (Å²) in [6.07, 6.45) is -3.79. The van der Waals surface area contributed by atoms with Gasteiger partial charge in [-0.2, -0.15) is 4.98 Å². The van der Waals surface area contributed by atoms with Crippen molar-refractivity contribution in [1.82, 2.24) is 25.3 Å². The van der Waals surface area contributed by atoms with Crippen molar-refractivity contribution in [3.05, 3.63) is 52.1 Å². The molecule has 0 fully saturated rings. The molecule has 0 saturated carbocycles. The molecule has 0 aliphatic carbocycles. The minimum Gasteiger partial charge on any atom is -0.481 e. The van der Waals surface area contributed by atoms with Crippen molar-refractivity contribution >= 4 is 46.9 Å². The summed E-state index contributed by atoms with van der Waals surface area (Å²) in [6.45, 7) is -0.458. The van der Waals surface area contributed by atoms with Crippen LogP contribution in [0.25, 0.3) is 11.2 Å². The van der Waals surface area contributed by atoms with Crippen LogP contribution in [0.3, 0.4) is 0 Å². The van der Waals surface area contributed by atoms with Gasteiger partial charge in [0.2, 0.25) is 5.95 Å². The van der Waals surface area contributed by atoms with Crippen LogP contribution in [0.5, 0.6) is 0 Å². The Kier molecular flexibility index (Phi) is 12.4. The van der Waals surface area contributed by atoms with E-state index in [-0.39, 0.29) is 48.3 Å². The van der Waals surface area contributed by atoms with Crippen LogP contribution in [0.1, 0.15) is 28.9 Å². The monoisotopic (exact) mass is 591 g/mol. The third-order valence-corrected chi connectivity index (χ3v) is 5.43. The number of hydrogen-bond acceptors (Lipinski definition) is 14. The first-order chi connectivity index (χ1) is 19.9. The fourth-order valence-corrected chi connectivity index (χ4v) is 3.17. The largest absolute Gasteiger partial charge is 0.481 e. The van der Waals surface area contributed by atoms with Gasteiger partial charge in [-0.3, -0.25) is 19.4 Å². The van der Waals surface area contributed by atoms with Crippen LogP contribution in [-0.4, -0.2) is 106 Å². The quantitative estimate of drug-likeness (QED) is 0.0898. The number of nitrogens with one attached hydrogen (secondary N) is 3. The Bertz CT molecular complexity index is 1450. The fourth-order valence-electron chi connectivity index (χ4n) is 3.17. The van der Waals surface area contributed by atoms with Crippen molar-refractivity contribution in [2.75, 3.05) is 17.7 Å². The summed E-state index contributed by atoms with van der Waals surface area (Å²) in [7, 11) is 0. The van der Waals surface area contributed by atoms with Crippen LogP contribution >= 0.6 is 0 Å². The zero-order valence-corrected chi connectivity index (χ0v) is 21.7. The maximum atomic E-state index is 12.3. The molecule has 0 aliphatic heterocycles. The molecule has 0 spiro atoms. The molecule has 0 aliphatic rings. The van der Waals surface area contributed by atoms with Crippen molar-refractivity contribution in [2.45, 2.75) is 43.7 Å². The van der Waals surface area contributed by atoms with Crippen LogP contribution in [0, 0.1) is 0 Å². The SMILES string of the molecule is Nc1nc2ncc(CNc3ccc(C(=O)NC(CCC(=O)O)C(=O)O)cc3)nc2c(=O)[nH]1.O=CC(O)C(O)C(O)CO. The van der Waals surface area contributed by atoms with Crippen LogP contribution < -0.4 is 21.9 Å². The van der Waals surface area contributed by atoms with E-state index in [1.807, 2.05) is 0 Å². The van der Waals surface area contributed by atoms with E-state index < -0.39 is 54.4 Å². The molecule has 42 heavy (non-hydrogen) atoms. The number of aromatic amines is 1. The number of aliphatic carboxylic acids is 2. The molecule has 1 aromatic carbocycles. The van der Waals surface area contributed by atoms with Gasteiger partial charge in [0.25, 0.3) is 11.5 Å². The van der Waals surface area contributed by atoms with Gasteiger partial charge in [0, 0.05) is 17.7 Å². The molecule has 2 aromatic heterocycles. The van der Waals surface area contributed by atoms with Crippen molar-refractivity contribution < 1.29 is 49.8 Å². The number of aldehydes is 1. The predicted octanol–water partition coefficient (Wildman–Crippen LogP) is -2.78. The number of anilines is 2. The number of nitrogens with zero attached hydrogens (tertiary/aromatic N) is 3. The number of carbonyl (C=O) groups excluding carboxylic acids is 2. The van der Waals surface area contributed by atoms with E-state index in [0.717, 1.165) is 0 Å². The van der Waals surface area contributed by atoms with E-state index in [2.05, 4.69) is 30.6 Å². The molecular weight excluding hydrogens is 562 g/mol. The third-order valence-electron chi connectivity index (χ3n) is 5.43. The number of H-pyrrole nitrogens is 1. The first-order valence-electron chi connectivity index (χ1n) is 12.1. The molecule has 0 bridgehead atoms. The standard InChI is InChI=1S/C19H19N7O6.C5H10O5/c20-19-25-15-14(17(30)26-19)23-11(8-22-15)7-21-10-3-1-9(2-4-10)16(29)24-12(18(31)32)5-6-13(27)28;6-1-3(8)5(10)4(9)2-7/h1-4,8,12,21H,5-7H2,(H,24,29)(H,27,28)(H,31,32)(H3,20,22,25,26,30);1,3-5,7-10H,2H2. The van der Waals surface area contributed by atoms with Gasteiger partial charge in [-0.15, -0.1) is 0 Å². The second-order valence-corrected chi connectivity index (χ2v) is 8.58. The Balaban J connectivity index is 0.000000528. The molecule has 3 aromatic rings. The minimum atomic E-state index is -1.64. The van der Waals surface area contributed by atoms with E-state index in [9.17, 15) is 24.0 Å². The lowest BCUT2D eigenvalue weighted by atomic mass is 10.1. The topological polar surface area (TPSA) is 311 Å². The lowest BCUT2D eigenvalue weighted by molar-refractivity contribution is -0.140. The number of hydrogen-bond donors (Lipinski definition) is 10. The molecule has 3 rings (SSSR count). The first-order valence-corrected chi connectivity index (χ1v) is 12.1.